The Hall–Kier alpha value is -1.88. The first-order valence-corrected chi connectivity index (χ1v) is 6.58. The molecule has 0 spiro atoms. The second kappa shape index (κ2) is 4.66. The van der Waals surface area contributed by atoms with Crippen LogP contribution in [-0.2, 0) is 0 Å². The summed E-state index contributed by atoms with van der Waals surface area (Å²) in [6, 6.07) is 9.92. The third-order valence-corrected chi connectivity index (χ3v) is 3.80. The quantitative estimate of drug-likeness (QED) is 0.852. The standard InChI is InChI=1S/C14H15N3OS/c1-9-6-7-11(18-9)13-12(16-14(19)17(13)2)10-5-3-4-8-15-10/h3-8,12-13H,1-2H3,(H,16,19)/t12-,13-/m1/s1. The highest BCUT2D eigenvalue weighted by molar-refractivity contribution is 7.80. The van der Waals surface area contributed by atoms with Crippen molar-refractivity contribution < 1.29 is 4.42 Å². The van der Waals surface area contributed by atoms with Gasteiger partial charge in [0, 0.05) is 13.2 Å². The van der Waals surface area contributed by atoms with Crippen molar-refractivity contribution in [2.45, 2.75) is 19.0 Å². The Bertz CT molecular complexity index is 596. The van der Waals surface area contributed by atoms with Gasteiger partial charge in [0.1, 0.15) is 17.6 Å². The van der Waals surface area contributed by atoms with Crippen LogP contribution in [0, 0.1) is 6.92 Å². The normalized spacial score (nSPS) is 22.6. The molecule has 4 nitrogen and oxygen atoms in total. The molecule has 5 heteroatoms. The van der Waals surface area contributed by atoms with E-state index in [0.29, 0.717) is 0 Å². The van der Waals surface area contributed by atoms with Crippen LogP contribution >= 0.6 is 12.2 Å². The molecule has 98 valence electrons. The van der Waals surface area contributed by atoms with Gasteiger partial charge in [-0.15, -0.1) is 0 Å². The Balaban J connectivity index is 2.01. The Labute approximate surface area is 117 Å². The fourth-order valence-corrected chi connectivity index (χ4v) is 2.67. The van der Waals surface area contributed by atoms with Gasteiger partial charge in [0.2, 0.25) is 0 Å². The molecule has 1 fully saturated rings. The summed E-state index contributed by atoms with van der Waals surface area (Å²) in [5.41, 5.74) is 0.966. The molecule has 0 aromatic carbocycles. The lowest BCUT2D eigenvalue weighted by Crippen LogP contribution is -2.24. The number of likely N-dealkylation sites (N-methyl/N-ethyl adjacent to an activating group) is 1. The number of aromatic nitrogens is 1. The molecule has 2 aromatic heterocycles. The average molecular weight is 273 g/mol. The van der Waals surface area contributed by atoms with Gasteiger partial charge < -0.3 is 14.6 Å². The van der Waals surface area contributed by atoms with Gasteiger partial charge in [0.15, 0.2) is 5.11 Å². The number of thiocarbonyl (C=S) groups is 1. The molecule has 0 radical (unpaired) electrons. The van der Waals surface area contributed by atoms with E-state index in [1.54, 1.807) is 6.20 Å². The van der Waals surface area contributed by atoms with Crippen LogP contribution in [0.1, 0.15) is 29.3 Å². The lowest BCUT2D eigenvalue weighted by atomic mass is 10.0. The van der Waals surface area contributed by atoms with E-state index in [9.17, 15) is 0 Å². The number of nitrogens with zero attached hydrogens (tertiary/aromatic N) is 2. The maximum Gasteiger partial charge on any atom is 0.170 e. The van der Waals surface area contributed by atoms with Crippen LogP contribution in [0.2, 0.25) is 0 Å². The number of furan rings is 1. The zero-order valence-electron chi connectivity index (χ0n) is 10.8. The van der Waals surface area contributed by atoms with E-state index in [2.05, 4.69) is 10.3 Å². The molecule has 1 saturated heterocycles. The van der Waals surface area contributed by atoms with E-state index in [1.165, 1.54) is 0 Å². The summed E-state index contributed by atoms with van der Waals surface area (Å²) < 4.78 is 5.77. The van der Waals surface area contributed by atoms with Crippen molar-refractivity contribution in [2.75, 3.05) is 7.05 Å². The summed E-state index contributed by atoms with van der Waals surface area (Å²) in [5, 5.41) is 4.03. The molecule has 1 aliphatic rings. The number of nitrogens with one attached hydrogen (secondary N) is 1. The number of hydrogen-bond acceptors (Lipinski definition) is 3. The van der Waals surface area contributed by atoms with Gasteiger partial charge >= 0.3 is 0 Å². The largest absolute Gasteiger partial charge is 0.464 e. The Kier molecular flexibility index (Phi) is 2.98. The summed E-state index contributed by atoms with van der Waals surface area (Å²) in [5.74, 6) is 1.81. The van der Waals surface area contributed by atoms with E-state index in [-0.39, 0.29) is 12.1 Å². The van der Waals surface area contributed by atoms with Gasteiger partial charge in [-0.1, -0.05) is 6.07 Å². The van der Waals surface area contributed by atoms with Gasteiger partial charge in [-0.05, 0) is 43.4 Å². The molecule has 19 heavy (non-hydrogen) atoms. The number of rotatable bonds is 2. The monoisotopic (exact) mass is 273 g/mol. The fourth-order valence-electron chi connectivity index (χ4n) is 2.43. The molecule has 1 N–H and O–H groups in total. The number of hydrogen-bond donors (Lipinski definition) is 1. The molecule has 2 atom stereocenters. The van der Waals surface area contributed by atoms with Crippen LogP contribution in [0.3, 0.4) is 0 Å². The van der Waals surface area contributed by atoms with E-state index in [1.807, 2.05) is 49.2 Å². The molecule has 0 unspecified atom stereocenters. The molecular formula is C14H15N3OS. The predicted octanol–water partition coefficient (Wildman–Crippen LogP) is 2.59. The van der Waals surface area contributed by atoms with Crippen molar-refractivity contribution in [3.8, 4) is 0 Å². The van der Waals surface area contributed by atoms with Crippen molar-refractivity contribution in [1.29, 1.82) is 0 Å². The Morgan fingerprint density at radius 1 is 1.32 bits per heavy atom. The van der Waals surface area contributed by atoms with Gasteiger partial charge in [-0.2, -0.15) is 0 Å². The van der Waals surface area contributed by atoms with Crippen molar-refractivity contribution in [1.82, 2.24) is 15.2 Å². The van der Waals surface area contributed by atoms with E-state index < -0.39 is 0 Å². The van der Waals surface area contributed by atoms with Crippen molar-refractivity contribution >= 4 is 17.3 Å². The minimum Gasteiger partial charge on any atom is -0.464 e. The molecule has 3 heterocycles. The van der Waals surface area contributed by atoms with Crippen LogP contribution in [0.15, 0.2) is 40.9 Å². The van der Waals surface area contributed by atoms with E-state index >= 15 is 0 Å². The second-order valence-electron chi connectivity index (χ2n) is 4.69. The maximum absolute atomic E-state index is 5.77. The summed E-state index contributed by atoms with van der Waals surface area (Å²) in [4.78, 5) is 6.44. The molecule has 0 saturated carbocycles. The SMILES string of the molecule is Cc1ccc([C@@H]2[C@@H](c3ccccn3)NC(=S)N2C)o1. The molecular weight excluding hydrogens is 258 g/mol. The summed E-state index contributed by atoms with van der Waals surface area (Å²) in [6.07, 6.45) is 1.79. The van der Waals surface area contributed by atoms with Crippen molar-refractivity contribution in [3.63, 3.8) is 0 Å². The topological polar surface area (TPSA) is 41.3 Å². The Morgan fingerprint density at radius 2 is 2.16 bits per heavy atom. The van der Waals surface area contributed by atoms with Gasteiger partial charge in [0.05, 0.1) is 11.7 Å². The fraction of sp³-hybridized carbons (Fsp3) is 0.286. The van der Waals surface area contributed by atoms with Gasteiger partial charge in [-0.3, -0.25) is 4.98 Å². The first-order chi connectivity index (χ1) is 9.16. The summed E-state index contributed by atoms with van der Waals surface area (Å²) >= 11 is 5.35. The summed E-state index contributed by atoms with van der Waals surface area (Å²) in [6.45, 7) is 1.94. The molecule has 0 aliphatic carbocycles. The van der Waals surface area contributed by atoms with E-state index in [0.717, 1.165) is 22.3 Å². The second-order valence-corrected chi connectivity index (χ2v) is 5.07. The zero-order valence-corrected chi connectivity index (χ0v) is 11.6. The summed E-state index contributed by atoms with van der Waals surface area (Å²) in [7, 11) is 1.97. The highest BCUT2D eigenvalue weighted by Crippen LogP contribution is 2.37. The smallest absolute Gasteiger partial charge is 0.170 e. The number of pyridine rings is 1. The highest BCUT2D eigenvalue weighted by Gasteiger charge is 2.39. The van der Waals surface area contributed by atoms with Crippen LogP contribution in [0.25, 0.3) is 0 Å². The minimum absolute atomic E-state index is 0.0178. The first-order valence-electron chi connectivity index (χ1n) is 6.17. The predicted molar refractivity (Wildman–Crippen MR) is 76.7 cm³/mol. The molecule has 0 bridgehead atoms. The zero-order chi connectivity index (χ0) is 13.4. The van der Waals surface area contributed by atoms with Crippen LogP contribution in [-0.4, -0.2) is 22.0 Å². The number of aryl methyl sites for hydroxylation is 1. The van der Waals surface area contributed by atoms with Crippen LogP contribution in [0.5, 0.6) is 0 Å². The average Bonchev–Trinajstić information content (AvgIpc) is 2.96. The first kappa shape index (κ1) is 12.2. The minimum atomic E-state index is 0.0178. The van der Waals surface area contributed by atoms with E-state index in [4.69, 9.17) is 16.6 Å². The maximum atomic E-state index is 5.77. The molecule has 1 aliphatic heterocycles. The third-order valence-electron chi connectivity index (χ3n) is 3.39. The van der Waals surface area contributed by atoms with Gasteiger partial charge in [-0.25, -0.2) is 0 Å². The van der Waals surface area contributed by atoms with Crippen molar-refractivity contribution in [2.24, 2.45) is 0 Å². The molecule has 2 aromatic rings. The van der Waals surface area contributed by atoms with Crippen molar-refractivity contribution in [3.05, 3.63) is 53.7 Å². The van der Waals surface area contributed by atoms with Crippen LogP contribution < -0.4 is 5.32 Å². The van der Waals surface area contributed by atoms with Gasteiger partial charge in [0.25, 0.3) is 0 Å². The molecule has 3 rings (SSSR count). The third kappa shape index (κ3) is 2.10. The lowest BCUT2D eigenvalue weighted by Gasteiger charge is -2.21. The van der Waals surface area contributed by atoms with Crippen LogP contribution in [0.4, 0.5) is 0 Å². The highest BCUT2D eigenvalue weighted by atomic mass is 32.1. The molecule has 0 amide bonds. The lowest BCUT2D eigenvalue weighted by molar-refractivity contribution is 0.303. The Morgan fingerprint density at radius 3 is 2.79 bits per heavy atom.